The molecule has 1 aromatic heterocycles. The third-order valence-corrected chi connectivity index (χ3v) is 4.94. The number of aromatic nitrogens is 2. The van der Waals surface area contributed by atoms with Crippen molar-refractivity contribution in [1.82, 2.24) is 10.2 Å². The molecule has 2 heterocycles. The van der Waals surface area contributed by atoms with Crippen LogP contribution >= 0.6 is 11.3 Å². The van der Waals surface area contributed by atoms with Crippen LogP contribution in [0.3, 0.4) is 0 Å². The molecule has 0 spiro atoms. The van der Waals surface area contributed by atoms with E-state index in [0.29, 0.717) is 18.9 Å². The van der Waals surface area contributed by atoms with Crippen molar-refractivity contribution in [3.63, 3.8) is 0 Å². The highest BCUT2D eigenvalue weighted by molar-refractivity contribution is 7.15. The fourth-order valence-corrected chi connectivity index (χ4v) is 3.54. The minimum absolute atomic E-state index is 0.0522. The summed E-state index contributed by atoms with van der Waals surface area (Å²) >= 11 is 1.54. The third-order valence-electron chi connectivity index (χ3n) is 3.68. The van der Waals surface area contributed by atoms with Gasteiger partial charge in [-0.2, -0.15) is 0 Å². The van der Waals surface area contributed by atoms with E-state index < -0.39 is 6.10 Å². The van der Waals surface area contributed by atoms with Gasteiger partial charge in [-0.3, -0.25) is 0 Å². The Morgan fingerprint density at radius 2 is 2.19 bits per heavy atom. The maximum atomic E-state index is 13.5. The minimum Gasteiger partial charge on any atom is -0.391 e. The summed E-state index contributed by atoms with van der Waals surface area (Å²) < 4.78 is 13.5. The second-order valence-corrected chi connectivity index (χ2v) is 6.68. The van der Waals surface area contributed by atoms with Crippen LogP contribution in [0.15, 0.2) is 24.3 Å². The number of hydrogen-bond acceptors (Lipinski definition) is 5. The lowest BCUT2D eigenvalue weighted by molar-refractivity contribution is 0.194. The lowest BCUT2D eigenvalue weighted by atomic mass is 10.0. The molecule has 0 unspecified atom stereocenters. The summed E-state index contributed by atoms with van der Waals surface area (Å²) in [6.45, 7) is 4.66. The van der Waals surface area contributed by atoms with Crippen LogP contribution < -0.4 is 4.90 Å². The average Bonchev–Trinajstić information content (AvgIpc) is 3.04. The van der Waals surface area contributed by atoms with Crippen molar-refractivity contribution in [1.29, 1.82) is 0 Å². The van der Waals surface area contributed by atoms with Gasteiger partial charge in [-0.15, -0.1) is 10.2 Å². The van der Waals surface area contributed by atoms with Crippen molar-refractivity contribution >= 4 is 16.5 Å². The van der Waals surface area contributed by atoms with Gasteiger partial charge in [0.15, 0.2) is 0 Å². The lowest BCUT2D eigenvalue weighted by Gasteiger charge is -2.23. The zero-order chi connectivity index (χ0) is 15.0. The number of aliphatic hydroxyl groups excluding tert-OH is 1. The molecular weight excluding hydrogens is 289 g/mol. The van der Waals surface area contributed by atoms with E-state index in [9.17, 15) is 9.50 Å². The van der Waals surface area contributed by atoms with Crippen molar-refractivity contribution in [2.24, 2.45) is 0 Å². The number of aliphatic hydroxyl groups is 1. The van der Waals surface area contributed by atoms with Gasteiger partial charge in [0.1, 0.15) is 10.8 Å². The lowest BCUT2D eigenvalue weighted by Crippen LogP contribution is -2.24. The number of nitrogens with zero attached hydrogens (tertiary/aromatic N) is 3. The van der Waals surface area contributed by atoms with Crippen LogP contribution in [0.2, 0.25) is 0 Å². The quantitative estimate of drug-likeness (QED) is 0.946. The number of hydrogen-bond donors (Lipinski definition) is 1. The molecule has 1 aliphatic rings. The van der Waals surface area contributed by atoms with Crippen LogP contribution in [-0.2, 0) is 0 Å². The summed E-state index contributed by atoms with van der Waals surface area (Å²) in [4.78, 5) is 2.03. The predicted molar refractivity (Wildman–Crippen MR) is 81.1 cm³/mol. The molecule has 1 saturated heterocycles. The third kappa shape index (κ3) is 2.91. The van der Waals surface area contributed by atoms with E-state index in [4.69, 9.17) is 0 Å². The Hall–Kier alpha value is -1.53. The van der Waals surface area contributed by atoms with Crippen molar-refractivity contribution in [2.45, 2.75) is 38.3 Å². The number of rotatable bonds is 3. The number of benzene rings is 1. The van der Waals surface area contributed by atoms with Crippen molar-refractivity contribution < 1.29 is 9.50 Å². The minimum atomic E-state index is -0.426. The van der Waals surface area contributed by atoms with Gasteiger partial charge in [0.05, 0.1) is 12.1 Å². The standard InChI is InChI=1S/C15H18FN3OS/c1-9(2)14-17-18-15(21-14)19-8-12(20)7-13(19)10-4-3-5-11(16)6-10/h3-6,9,12-13,20H,7-8H2,1-2H3/t12-,13-/m1/s1. The summed E-state index contributed by atoms with van der Waals surface area (Å²) in [5.41, 5.74) is 0.868. The Morgan fingerprint density at radius 1 is 1.38 bits per heavy atom. The highest BCUT2D eigenvalue weighted by Gasteiger charge is 2.34. The van der Waals surface area contributed by atoms with Gasteiger partial charge in [0, 0.05) is 12.5 Å². The Bertz CT molecular complexity index is 631. The second-order valence-electron chi connectivity index (χ2n) is 5.69. The molecule has 0 saturated carbocycles. The average molecular weight is 307 g/mol. The zero-order valence-electron chi connectivity index (χ0n) is 12.0. The highest BCUT2D eigenvalue weighted by atomic mass is 32.1. The van der Waals surface area contributed by atoms with Gasteiger partial charge in [-0.1, -0.05) is 37.3 Å². The van der Waals surface area contributed by atoms with Gasteiger partial charge in [0.2, 0.25) is 5.13 Å². The van der Waals surface area contributed by atoms with Gasteiger partial charge in [-0.05, 0) is 24.1 Å². The smallest absolute Gasteiger partial charge is 0.208 e. The second kappa shape index (κ2) is 5.69. The first kappa shape index (κ1) is 14.4. The molecule has 4 nitrogen and oxygen atoms in total. The van der Waals surface area contributed by atoms with Gasteiger partial charge in [-0.25, -0.2) is 4.39 Å². The number of anilines is 1. The predicted octanol–water partition coefficient (Wildman–Crippen LogP) is 3.11. The Labute approximate surface area is 127 Å². The fourth-order valence-electron chi connectivity index (χ4n) is 2.63. The SMILES string of the molecule is CC(C)c1nnc(N2C[C@H](O)C[C@@H]2c2cccc(F)c2)s1. The summed E-state index contributed by atoms with van der Waals surface area (Å²) in [6, 6.07) is 6.50. The van der Waals surface area contributed by atoms with E-state index in [2.05, 4.69) is 24.0 Å². The van der Waals surface area contributed by atoms with Gasteiger partial charge in [0.25, 0.3) is 0 Å². The molecule has 2 atom stereocenters. The summed E-state index contributed by atoms with van der Waals surface area (Å²) in [5, 5.41) is 20.2. The Kier molecular flexibility index (Phi) is 3.91. The molecule has 3 rings (SSSR count). The summed E-state index contributed by atoms with van der Waals surface area (Å²) in [6.07, 6.45) is 0.157. The van der Waals surface area contributed by atoms with E-state index in [-0.39, 0.29) is 11.9 Å². The van der Waals surface area contributed by atoms with Crippen LogP contribution in [0.1, 0.15) is 42.8 Å². The zero-order valence-corrected chi connectivity index (χ0v) is 12.8. The molecule has 0 radical (unpaired) electrons. The van der Waals surface area contributed by atoms with Crippen LogP contribution in [0.5, 0.6) is 0 Å². The largest absolute Gasteiger partial charge is 0.391 e. The van der Waals surface area contributed by atoms with Gasteiger partial charge >= 0.3 is 0 Å². The maximum Gasteiger partial charge on any atom is 0.208 e. The van der Waals surface area contributed by atoms with E-state index in [1.807, 2.05) is 11.0 Å². The molecule has 0 bridgehead atoms. The highest BCUT2D eigenvalue weighted by Crippen LogP contribution is 2.38. The monoisotopic (exact) mass is 307 g/mol. The topological polar surface area (TPSA) is 49.2 Å². The first-order valence-corrected chi connectivity index (χ1v) is 7.90. The molecule has 0 amide bonds. The maximum absolute atomic E-state index is 13.5. The number of halogens is 1. The molecule has 1 aromatic carbocycles. The summed E-state index contributed by atoms with van der Waals surface area (Å²) in [7, 11) is 0. The van der Waals surface area contributed by atoms with Crippen LogP contribution in [0.4, 0.5) is 9.52 Å². The molecule has 112 valence electrons. The molecule has 1 fully saturated rings. The van der Waals surface area contributed by atoms with E-state index >= 15 is 0 Å². The van der Waals surface area contributed by atoms with Crippen molar-refractivity contribution in [3.05, 3.63) is 40.7 Å². The molecule has 0 aliphatic carbocycles. The molecule has 1 N–H and O–H groups in total. The fraction of sp³-hybridized carbons (Fsp3) is 0.467. The molecular formula is C15H18FN3OS. The first-order chi connectivity index (χ1) is 10.0. The Morgan fingerprint density at radius 3 is 2.86 bits per heavy atom. The molecule has 6 heteroatoms. The van der Waals surface area contributed by atoms with E-state index in [1.165, 1.54) is 12.1 Å². The van der Waals surface area contributed by atoms with Crippen LogP contribution in [0, 0.1) is 5.82 Å². The van der Waals surface area contributed by atoms with Crippen molar-refractivity contribution in [3.8, 4) is 0 Å². The van der Waals surface area contributed by atoms with Crippen molar-refractivity contribution in [2.75, 3.05) is 11.4 Å². The molecule has 21 heavy (non-hydrogen) atoms. The summed E-state index contributed by atoms with van der Waals surface area (Å²) in [5.74, 6) is 0.0744. The Balaban J connectivity index is 1.91. The first-order valence-electron chi connectivity index (χ1n) is 7.08. The van der Waals surface area contributed by atoms with E-state index in [0.717, 1.165) is 15.7 Å². The molecule has 1 aliphatic heterocycles. The van der Waals surface area contributed by atoms with E-state index in [1.54, 1.807) is 17.4 Å². The van der Waals surface area contributed by atoms with Crippen LogP contribution in [0.25, 0.3) is 0 Å². The normalized spacial score (nSPS) is 22.2. The van der Waals surface area contributed by atoms with Gasteiger partial charge < -0.3 is 10.0 Å². The number of β-amino-alcohol motifs (C(OH)–C–C–N with tert-alkyl or cyclic N) is 1. The van der Waals surface area contributed by atoms with Crippen LogP contribution in [-0.4, -0.2) is 28.0 Å². The molecule has 2 aromatic rings.